The van der Waals surface area contributed by atoms with Crippen molar-refractivity contribution in [3.63, 3.8) is 0 Å². The van der Waals surface area contributed by atoms with Crippen molar-refractivity contribution >= 4 is 51.9 Å². The number of aromatic nitrogens is 5. The number of Topliss-reactive ketones (excluding diaryl/α,β-unsaturated/α-hetero) is 1. The van der Waals surface area contributed by atoms with Crippen LogP contribution in [0.3, 0.4) is 0 Å². The molecule has 4 rings (SSSR count). The van der Waals surface area contributed by atoms with Crippen molar-refractivity contribution in [2.45, 2.75) is 25.4 Å². The van der Waals surface area contributed by atoms with Gasteiger partial charge in [-0.25, -0.2) is 19.9 Å². The van der Waals surface area contributed by atoms with Crippen molar-refractivity contribution < 1.29 is 22.8 Å². The van der Waals surface area contributed by atoms with Crippen LogP contribution in [0.1, 0.15) is 50.0 Å². The van der Waals surface area contributed by atoms with E-state index in [-0.39, 0.29) is 39.2 Å². The first-order chi connectivity index (χ1) is 17.0. The highest BCUT2D eigenvalue weighted by Gasteiger charge is 2.33. The number of thiazole rings is 1. The van der Waals surface area contributed by atoms with Crippen LogP contribution in [-0.2, 0) is 6.18 Å². The van der Waals surface area contributed by atoms with Crippen LogP contribution in [0, 0.1) is 0 Å². The van der Waals surface area contributed by atoms with Crippen LogP contribution in [0.2, 0.25) is 10.0 Å². The number of H-pyrrole nitrogens is 1. The third-order valence-corrected chi connectivity index (χ3v) is 6.88. The topological polar surface area (TPSA) is 114 Å². The third kappa shape index (κ3) is 5.55. The van der Waals surface area contributed by atoms with Crippen LogP contribution in [0.4, 0.5) is 18.9 Å². The Labute approximate surface area is 215 Å². The largest absolute Gasteiger partial charge is 0.417 e. The molecule has 0 saturated carbocycles. The molecule has 1 atom stereocenters. The van der Waals surface area contributed by atoms with Crippen molar-refractivity contribution in [2.75, 3.05) is 5.32 Å². The van der Waals surface area contributed by atoms with Gasteiger partial charge in [-0.05, 0) is 18.2 Å². The van der Waals surface area contributed by atoms with Gasteiger partial charge in [0.05, 0.1) is 26.8 Å². The quantitative estimate of drug-likeness (QED) is 0.260. The molecule has 3 heterocycles. The maximum Gasteiger partial charge on any atom is 0.417 e. The van der Waals surface area contributed by atoms with Gasteiger partial charge in [-0.1, -0.05) is 30.1 Å². The minimum Gasteiger partial charge on any atom is -0.343 e. The average Bonchev–Trinajstić information content (AvgIpc) is 3.52. The van der Waals surface area contributed by atoms with E-state index in [2.05, 4.69) is 30.2 Å². The summed E-state index contributed by atoms with van der Waals surface area (Å²) >= 11 is 13.0. The molecule has 1 amide bonds. The van der Waals surface area contributed by atoms with Gasteiger partial charge in [-0.15, -0.1) is 11.3 Å². The molecule has 14 heteroatoms. The summed E-state index contributed by atoms with van der Waals surface area (Å²) in [6.45, 7) is 1.75. The molecule has 2 N–H and O–H groups in total. The average molecular weight is 555 g/mol. The standard InChI is InChI=1S/C22H15Cl2F3N6O2S/c1-10(6-14(34)17-16(24)18(32-9-31-17)19-28-4-5-29-19)21-30-8-15(36-21)20(35)33-11-2-3-13(23)12(7-11)22(25,26)27/h2-5,7-10H,6H2,1H3,(H,28,29)(H,33,35). The van der Waals surface area contributed by atoms with Crippen molar-refractivity contribution in [3.05, 3.63) is 74.3 Å². The Kier molecular flexibility index (Phi) is 7.38. The number of carbonyl (C=O) groups is 2. The Bertz CT molecular complexity index is 1430. The van der Waals surface area contributed by atoms with Crippen molar-refractivity contribution in [2.24, 2.45) is 0 Å². The number of nitrogens with one attached hydrogen (secondary N) is 2. The number of hydrogen-bond donors (Lipinski definition) is 2. The summed E-state index contributed by atoms with van der Waals surface area (Å²) in [5.41, 5.74) is -0.808. The SMILES string of the molecule is CC(CC(=O)c1ncnc(-c2ncc[nH]2)c1Cl)c1ncc(C(=O)Nc2ccc(Cl)c(C(F)(F)F)c2)s1. The highest BCUT2D eigenvalue weighted by atomic mass is 35.5. The van der Waals surface area contributed by atoms with E-state index < -0.39 is 28.6 Å². The highest BCUT2D eigenvalue weighted by molar-refractivity contribution is 7.13. The molecule has 0 radical (unpaired) electrons. The molecular weight excluding hydrogens is 540 g/mol. The van der Waals surface area contributed by atoms with E-state index in [1.54, 1.807) is 13.1 Å². The maximum absolute atomic E-state index is 13.1. The molecule has 0 spiro atoms. The zero-order valence-electron chi connectivity index (χ0n) is 18.2. The fourth-order valence-electron chi connectivity index (χ4n) is 3.22. The molecule has 0 aliphatic heterocycles. The van der Waals surface area contributed by atoms with Crippen LogP contribution in [-0.4, -0.2) is 36.6 Å². The van der Waals surface area contributed by atoms with Crippen molar-refractivity contribution in [1.29, 1.82) is 0 Å². The van der Waals surface area contributed by atoms with Gasteiger partial charge in [0.25, 0.3) is 5.91 Å². The molecule has 0 bridgehead atoms. The number of imidazole rings is 1. The van der Waals surface area contributed by atoms with E-state index in [1.165, 1.54) is 24.8 Å². The van der Waals surface area contributed by atoms with Gasteiger partial charge >= 0.3 is 6.18 Å². The first-order valence-electron chi connectivity index (χ1n) is 10.2. The second-order valence-electron chi connectivity index (χ2n) is 7.56. The molecule has 36 heavy (non-hydrogen) atoms. The molecule has 4 aromatic rings. The van der Waals surface area contributed by atoms with Gasteiger partial charge < -0.3 is 10.3 Å². The van der Waals surface area contributed by atoms with Crippen LogP contribution in [0.15, 0.2) is 43.1 Å². The smallest absolute Gasteiger partial charge is 0.343 e. The van der Waals surface area contributed by atoms with Crippen molar-refractivity contribution in [1.82, 2.24) is 24.9 Å². The zero-order chi connectivity index (χ0) is 26.0. The summed E-state index contributed by atoms with van der Waals surface area (Å²) in [5, 5.41) is 2.48. The van der Waals surface area contributed by atoms with Gasteiger partial charge in [0.1, 0.15) is 22.6 Å². The third-order valence-electron chi connectivity index (χ3n) is 4.97. The number of ketones is 1. The summed E-state index contributed by atoms with van der Waals surface area (Å²) in [4.78, 5) is 44.8. The number of aromatic amines is 1. The fourth-order valence-corrected chi connectivity index (χ4v) is 4.60. The number of halogens is 5. The van der Waals surface area contributed by atoms with E-state index in [1.807, 2.05) is 0 Å². The molecule has 8 nitrogen and oxygen atoms in total. The lowest BCUT2D eigenvalue weighted by atomic mass is 10.0. The van der Waals surface area contributed by atoms with E-state index in [0.29, 0.717) is 10.8 Å². The molecule has 0 aliphatic carbocycles. The molecule has 0 aliphatic rings. The minimum atomic E-state index is -4.66. The summed E-state index contributed by atoms with van der Waals surface area (Å²) in [6, 6.07) is 3.08. The number of benzene rings is 1. The Morgan fingerprint density at radius 3 is 2.64 bits per heavy atom. The summed E-state index contributed by atoms with van der Waals surface area (Å²) in [7, 11) is 0. The second kappa shape index (κ2) is 10.3. The molecule has 0 fully saturated rings. The molecule has 186 valence electrons. The number of hydrogen-bond acceptors (Lipinski definition) is 7. The van der Waals surface area contributed by atoms with Gasteiger partial charge in [0.2, 0.25) is 0 Å². The Balaban J connectivity index is 1.45. The molecule has 1 aromatic carbocycles. The fraction of sp³-hybridized carbons (Fsp3) is 0.182. The first kappa shape index (κ1) is 25.7. The lowest BCUT2D eigenvalue weighted by molar-refractivity contribution is -0.137. The predicted molar refractivity (Wildman–Crippen MR) is 129 cm³/mol. The van der Waals surface area contributed by atoms with Gasteiger partial charge in [-0.3, -0.25) is 9.59 Å². The Hall–Kier alpha value is -3.35. The van der Waals surface area contributed by atoms with Crippen LogP contribution in [0.5, 0.6) is 0 Å². The monoisotopic (exact) mass is 554 g/mol. The molecule has 0 saturated heterocycles. The number of rotatable bonds is 7. The normalized spacial score (nSPS) is 12.4. The van der Waals surface area contributed by atoms with E-state index in [9.17, 15) is 22.8 Å². The van der Waals surface area contributed by atoms with Crippen LogP contribution in [0.25, 0.3) is 11.5 Å². The molecule has 1 unspecified atom stereocenters. The first-order valence-corrected chi connectivity index (χ1v) is 11.8. The number of amides is 1. The van der Waals surface area contributed by atoms with Gasteiger partial charge in [0.15, 0.2) is 11.6 Å². The molecule has 3 aromatic heterocycles. The van der Waals surface area contributed by atoms with E-state index >= 15 is 0 Å². The summed E-state index contributed by atoms with van der Waals surface area (Å²) < 4.78 is 39.2. The van der Waals surface area contributed by atoms with E-state index in [4.69, 9.17) is 23.2 Å². The number of carbonyl (C=O) groups excluding carboxylic acids is 2. The lowest BCUT2D eigenvalue weighted by Gasteiger charge is -2.11. The van der Waals surface area contributed by atoms with Gasteiger partial charge in [-0.2, -0.15) is 13.2 Å². The van der Waals surface area contributed by atoms with Crippen LogP contribution < -0.4 is 5.32 Å². The Morgan fingerprint density at radius 2 is 1.94 bits per heavy atom. The minimum absolute atomic E-state index is 0.00493. The summed E-state index contributed by atoms with van der Waals surface area (Å²) in [6.07, 6.45) is 0.960. The predicted octanol–water partition coefficient (Wildman–Crippen LogP) is 6.28. The van der Waals surface area contributed by atoms with Gasteiger partial charge in [0, 0.05) is 30.4 Å². The molecular formula is C22H15Cl2F3N6O2S. The summed E-state index contributed by atoms with van der Waals surface area (Å²) in [5.74, 6) is -1.00. The highest BCUT2D eigenvalue weighted by Crippen LogP contribution is 2.36. The number of nitrogens with zero attached hydrogens (tertiary/aromatic N) is 4. The zero-order valence-corrected chi connectivity index (χ0v) is 20.6. The lowest BCUT2D eigenvalue weighted by Crippen LogP contribution is -2.12. The number of alkyl halides is 3. The number of anilines is 1. The van der Waals surface area contributed by atoms with Crippen molar-refractivity contribution in [3.8, 4) is 11.5 Å². The van der Waals surface area contributed by atoms with Crippen LogP contribution >= 0.6 is 34.5 Å². The second-order valence-corrected chi connectivity index (χ2v) is 9.41. The maximum atomic E-state index is 13.1. The van der Waals surface area contributed by atoms with E-state index in [0.717, 1.165) is 23.5 Å². The Morgan fingerprint density at radius 1 is 1.17 bits per heavy atom.